The molecule has 0 radical (unpaired) electrons. The number of carboxylic acids is 3. The summed E-state index contributed by atoms with van der Waals surface area (Å²) in [5.74, 6) is -3.46. The molecule has 3 aliphatic heterocycles. The van der Waals surface area contributed by atoms with Crippen molar-refractivity contribution in [2.24, 2.45) is 0 Å². The number of aromatic nitrogens is 9. The third-order valence-electron chi connectivity index (χ3n) is 22.3. The first kappa shape index (κ1) is 81.8. The Bertz CT molecular complexity index is 5080. The summed E-state index contributed by atoms with van der Waals surface area (Å²) >= 11 is 0.250. The Balaban J connectivity index is 0.000000155. The molecule has 23 heteroatoms. The summed E-state index contributed by atoms with van der Waals surface area (Å²) in [6.45, 7) is 29.8. The smallest absolute Gasteiger partial charge is 0.304 e. The molecule has 6 heterocycles. The Morgan fingerprint density at radius 3 is 0.842 bits per heavy atom. The number of halogens is 1. The van der Waals surface area contributed by atoms with Crippen molar-refractivity contribution in [1.29, 1.82) is 0 Å². The molecule has 0 aliphatic carbocycles. The first-order chi connectivity index (χ1) is 54.6. The van der Waals surface area contributed by atoms with Crippen molar-refractivity contribution in [3.8, 4) is 0 Å². The van der Waals surface area contributed by atoms with E-state index in [1.54, 1.807) is 0 Å². The SMILES string of the molecule is CCn1nnc2c(C)c(C(CC(=O)O)c3ccc4c(c3)CN(C(=O)c3cc(C)cc(C)c3)CC4)ccc21.CCn1nnc2c(C)c([C@@H](CC(=O)O)c3ccc4c(c3)CN(C(=O)c3cc(C)cc(C)c3)CC4)ccc21.CCn1nnc2c(C)c([C@H](CC(=O)O)c3ccc4c(c3)CN(C(=O)c3cc(C)cc(C)c3)CC4)ccc21.CSF. The van der Waals surface area contributed by atoms with E-state index in [-0.39, 0.29) is 66.9 Å². The van der Waals surface area contributed by atoms with Crippen LogP contribution in [0.4, 0.5) is 3.89 Å². The number of aliphatic carboxylic acids is 3. The van der Waals surface area contributed by atoms with Crippen molar-refractivity contribution >= 4 is 80.9 Å². The zero-order valence-corrected chi connectivity index (χ0v) is 68.0. The number of fused-ring (bicyclic) bond motifs is 6. The fraction of sp³-hybridized carbons (Fsp3) is 0.341. The van der Waals surface area contributed by atoms with E-state index in [0.717, 1.165) is 172 Å². The molecule has 3 aromatic heterocycles. The first-order valence-corrected chi connectivity index (χ1v) is 40.0. The Hall–Kier alpha value is -11.7. The van der Waals surface area contributed by atoms with E-state index in [1.807, 2.05) is 203 Å². The van der Waals surface area contributed by atoms with Gasteiger partial charge in [0, 0.05) is 112 Å². The van der Waals surface area contributed by atoms with Gasteiger partial charge in [-0.1, -0.05) is 140 Å². The predicted molar refractivity (Wildman–Crippen MR) is 443 cm³/mol. The standard InChI is InChI=1S/3C30H32N4O3.CH3FS/c3*1-5-34-27-9-8-25(20(4)29(27)31-32-34)26(16-28(35)36)22-7-6-21-10-11-33(17-24(21)15-22)30(37)23-13-18(2)12-19(3)14-23;1-3-2/h3*6-9,12-15,26H,5,10-11,16-17H2,1-4H3,(H,35,36);1H3/t2*26-;;/m10../s1. The zero-order valence-electron chi connectivity index (χ0n) is 67.1. The first-order valence-electron chi connectivity index (χ1n) is 38.9. The van der Waals surface area contributed by atoms with Crippen LogP contribution in [0.3, 0.4) is 0 Å². The second-order valence-corrected chi connectivity index (χ2v) is 30.7. The van der Waals surface area contributed by atoms with Crippen LogP contribution in [0.1, 0.15) is 206 Å². The number of carbonyl (C=O) groups excluding carboxylic acids is 3. The highest BCUT2D eigenvalue weighted by molar-refractivity contribution is 7.93. The van der Waals surface area contributed by atoms with Gasteiger partial charge in [-0.05, 0) is 240 Å². The van der Waals surface area contributed by atoms with Gasteiger partial charge in [-0.2, -0.15) is 3.89 Å². The van der Waals surface area contributed by atoms with Gasteiger partial charge in [0.2, 0.25) is 0 Å². The molecule has 0 saturated heterocycles. The molecule has 3 atom stereocenters. The van der Waals surface area contributed by atoms with Crippen LogP contribution in [0.25, 0.3) is 33.1 Å². The maximum Gasteiger partial charge on any atom is 0.304 e. The van der Waals surface area contributed by atoms with Gasteiger partial charge in [0.05, 0.1) is 35.8 Å². The van der Waals surface area contributed by atoms with Crippen molar-refractivity contribution in [1.82, 2.24) is 59.7 Å². The van der Waals surface area contributed by atoms with Crippen molar-refractivity contribution in [3.05, 3.63) is 279 Å². The maximum absolute atomic E-state index is 13.3. The van der Waals surface area contributed by atoms with Crippen LogP contribution in [-0.4, -0.2) is 137 Å². The van der Waals surface area contributed by atoms with Crippen molar-refractivity contribution in [2.75, 3.05) is 25.9 Å². The number of nitrogens with zero attached hydrogens (tertiary/aromatic N) is 12. The molecule has 15 rings (SSSR count). The van der Waals surface area contributed by atoms with E-state index < -0.39 is 17.9 Å². The minimum atomic E-state index is -0.856. The fourth-order valence-electron chi connectivity index (χ4n) is 16.9. The van der Waals surface area contributed by atoms with Gasteiger partial charge < -0.3 is 30.0 Å². The minimum absolute atomic E-state index is 0.0295. The second-order valence-electron chi connectivity index (χ2n) is 30.4. The van der Waals surface area contributed by atoms with Gasteiger partial charge in [0.15, 0.2) is 0 Å². The number of rotatable bonds is 18. The largest absolute Gasteiger partial charge is 0.481 e. The number of carbonyl (C=O) groups is 6. The molecular weight excluding hydrogens is 1460 g/mol. The lowest BCUT2D eigenvalue weighted by atomic mass is 9.83. The van der Waals surface area contributed by atoms with Gasteiger partial charge in [0.1, 0.15) is 16.6 Å². The Kier molecular flexibility index (Phi) is 25.5. The molecule has 3 amide bonds. The van der Waals surface area contributed by atoms with Crippen LogP contribution >= 0.6 is 12.1 Å². The number of aryl methyl sites for hydroxylation is 12. The highest BCUT2D eigenvalue weighted by Gasteiger charge is 2.32. The summed E-state index contributed by atoms with van der Waals surface area (Å²) in [6.07, 6.45) is 3.62. The van der Waals surface area contributed by atoms with Crippen LogP contribution < -0.4 is 0 Å². The average Bonchev–Trinajstić information content (AvgIpc) is 1.52. The van der Waals surface area contributed by atoms with Gasteiger partial charge in [-0.3, -0.25) is 28.8 Å². The molecule has 114 heavy (non-hydrogen) atoms. The molecule has 12 aromatic rings. The van der Waals surface area contributed by atoms with E-state index in [2.05, 4.69) is 85.5 Å². The number of hydrogen-bond acceptors (Lipinski definition) is 13. The zero-order chi connectivity index (χ0) is 81.5. The van der Waals surface area contributed by atoms with Crippen molar-refractivity contribution in [2.45, 2.75) is 179 Å². The second kappa shape index (κ2) is 35.5. The van der Waals surface area contributed by atoms with E-state index in [0.29, 0.717) is 56.0 Å². The fourth-order valence-corrected chi connectivity index (χ4v) is 16.9. The van der Waals surface area contributed by atoms with Gasteiger partial charge in [0.25, 0.3) is 17.7 Å². The van der Waals surface area contributed by atoms with Crippen molar-refractivity contribution < 1.29 is 48.0 Å². The summed E-state index contributed by atoms with van der Waals surface area (Å²) in [5, 5.41) is 55.2. The summed E-state index contributed by atoms with van der Waals surface area (Å²) in [6, 6.07) is 48.5. The van der Waals surface area contributed by atoms with Crippen LogP contribution in [0.5, 0.6) is 0 Å². The van der Waals surface area contributed by atoms with Gasteiger partial charge >= 0.3 is 17.9 Å². The Morgan fingerprint density at radius 2 is 0.614 bits per heavy atom. The quantitative estimate of drug-likeness (QED) is 0.0721. The number of benzene rings is 9. The van der Waals surface area contributed by atoms with Crippen LogP contribution in [0.15, 0.2) is 146 Å². The highest BCUT2D eigenvalue weighted by Crippen LogP contribution is 2.40. The summed E-state index contributed by atoms with van der Waals surface area (Å²) < 4.78 is 15.7. The molecule has 0 bridgehead atoms. The normalized spacial score (nSPS) is 13.8. The topological polar surface area (TPSA) is 265 Å². The molecule has 0 saturated carbocycles. The predicted octanol–water partition coefficient (Wildman–Crippen LogP) is 16.8. The molecule has 3 N–H and O–H groups in total. The molecule has 3 aliphatic rings. The average molecular weight is 1560 g/mol. The molecule has 21 nitrogen and oxygen atoms in total. The highest BCUT2D eigenvalue weighted by atomic mass is 32.2. The number of hydrogen-bond donors (Lipinski definition) is 3. The lowest BCUT2D eigenvalue weighted by Crippen LogP contribution is -2.36. The van der Waals surface area contributed by atoms with Crippen LogP contribution in [-0.2, 0) is 72.9 Å². The van der Waals surface area contributed by atoms with Gasteiger partial charge in [-0.15, -0.1) is 15.3 Å². The Morgan fingerprint density at radius 1 is 0.368 bits per heavy atom. The molecule has 0 fully saturated rings. The van der Waals surface area contributed by atoms with E-state index in [1.165, 1.54) is 22.9 Å². The maximum atomic E-state index is 13.3. The third-order valence-corrected chi connectivity index (χ3v) is 22.3. The van der Waals surface area contributed by atoms with E-state index in [4.69, 9.17) is 0 Å². The summed E-state index contributed by atoms with van der Waals surface area (Å²) in [7, 11) is 0. The molecule has 9 aromatic carbocycles. The lowest BCUT2D eigenvalue weighted by Gasteiger charge is -2.30. The number of amides is 3. The molecular formula is C91H99FN12O9S. The summed E-state index contributed by atoms with van der Waals surface area (Å²) in [5.41, 5.74) is 29.2. The van der Waals surface area contributed by atoms with E-state index >= 15 is 0 Å². The molecule has 590 valence electrons. The summed E-state index contributed by atoms with van der Waals surface area (Å²) in [4.78, 5) is 81.5. The van der Waals surface area contributed by atoms with Crippen molar-refractivity contribution in [3.63, 3.8) is 0 Å². The van der Waals surface area contributed by atoms with Gasteiger partial charge in [-0.25, -0.2) is 14.0 Å². The van der Waals surface area contributed by atoms with Crippen LogP contribution in [0.2, 0.25) is 0 Å². The lowest BCUT2D eigenvalue weighted by molar-refractivity contribution is -0.138. The minimum Gasteiger partial charge on any atom is -0.481 e. The monoisotopic (exact) mass is 1550 g/mol. The third kappa shape index (κ3) is 18.0. The Labute approximate surface area is 668 Å². The number of carboxylic acid groups (broad SMARTS) is 3. The van der Waals surface area contributed by atoms with Crippen LogP contribution in [0, 0.1) is 62.3 Å². The van der Waals surface area contributed by atoms with E-state index in [9.17, 15) is 48.0 Å². The molecule has 1 unspecified atom stereocenters. The molecule has 0 spiro atoms.